The monoisotopic (exact) mass is 300 g/mol. The van der Waals surface area contributed by atoms with Gasteiger partial charge in [-0.2, -0.15) is 0 Å². The summed E-state index contributed by atoms with van der Waals surface area (Å²) in [4.78, 5) is 17.6. The summed E-state index contributed by atoms with van der Waals surface area (Å²) in [5.41, 5.74) is 2.68. The molecule has 5 heteroatoms. The minimum absolute atomic E-state index is 0.128. The molecule has 2 heterocycles. The Morgan fingerprint density at radius 1 is 1.15 bits per heavy atom. The smallest absolute Gasteiger partial charge is 0.257 e. The number of hydrogen-bond acceptors (Lipinski definition) is 4. The number of carbonyl (C=O) groups excluding carboxylic acids is 1. The third kappa shape index (κ3) is 2.79. The van der Waals surface area contributed by atoms with Gasteiger partial charge in [0.25, 0.3) is 5.91 Å². The summed E-state index contributed by atoms with van der Waals surface area (Å²) in [6, 6.07) is 11.5. The molecule has 100 valence electrons. The Kier molecular flexibility index (Phi) is 3.62. The first-order valence-corrected chi connectivity index (χ1v) is 7.86. The maximum atomic E-state index is 12.1. The molecule has 1 amide bonds. The molecule has 1 aromatic carbocycles. The maximum absolute atomic E-state index is 12.1. The van der Waals surface area contributed by atoms with E-state index in [0.717, 1.165) is 16.1 Å². The fourth-order valence-electron chi connectivity index (χ4n) is 1.74. The zero-order valence-corrected chi connectivity index (χ0v) is 12.4. The van der Waals surface area contributed by atoms with Gasteiger partial charge < -0.3 is 0 Å². The second-order valence-electron chi connectivity index (χ2n) is 4.34. The number of nitrogens with zero attached hydrogens (tertiary/aromatic N) is 1. The summed E-state index contributed by atoms with van der Waals surface area (Å²) in [7, 11) is 0. The van der Waals surface area contributed by atoms with Gasteiger partial charge in [-0.3, -0.25) is 10.1 Å². The minimum atomic E-state index is -0.128. The van der Waals surface area contributed by atoms with Gasteiger partial charge in [-0.05, 0) is 30.5 Å². The van der Waals surface area contributed by atoms with Gasteiger partial charge in [0.2, 0.25) is 0 Å². The Morgan fingerprint density at radius 3 is 2.65 bits per heavy atom. The van der Waals surface area contributed by atoms with E-state index in [1.807, 2.05) is 54.1 Å². The molecule has 0 aliphatic heterocycles. The Labute approximate surface area is 124 Å². The number of nitrogens with one attached hydrogen (secondary N) is 1. The zero-order chi connectivity index (χ0) is 13.9. The number of carbonyl (C=O) groups is 1. The maximum Gasteiger partial charge on any atom is 0.257 e. The van der Waals surface area contributed by atoms with Crippen molar-refractivity contribution in [2.24, 2.45) is 0 Å². The Bertz CT molecular complexity index is 715. The topological polar surface area (TPSA) is 42.0 Å². The van der Waals surface area contributed by atoms with Gasteiger partial charge in [-0.25, -0.2) is 4.98 Å². The van der Waals surface area contributed by atoms with Crippen molar-refractivity contribution in [3.8, 4) is 10.6 Å². The molecule has 0 saturated carbocycles. The number of thiazole rings is 1. The number of anilines is 1. The number of thiophene rings is 1. The van der Waals surface area contributed by atoms with Gasteiger partial charge in [0.1, 0.15) is 0 Å². The van der Waals surface area contributed by atoms with Gasteiger partial charge in [0.15, 0.2) is 5.13 Å². The zero-order valence-electron chi connectivity index (χ0n) is 10.8. The summed E-state index contributed by atoms with van der Waals surface area (Å²) < 4.78 is 0. The van der Waals surface area contributed by atoms with Crippen molar-refractivity contribution >= 4 is 33.7 Å². The van der Waals surface area contributed by atoms with E-state index in [1.54, 1.807) is 11.3 Å². The molecule has 3 aromatic rings. The second kappa shape index (κ2) is 5.56. The molecule has 3 nitrogen and oxygen atoms in total. The Balaban J connectivity index is 1.75. The molecule has 0 aliphatic carbocycles. The molecule has 1 N–H and O–H groups in total. The summed E-state index contributed by atoms with van der Waals surface area (Å²) in [5, 5.41) is 7.43. The van der Waals surface area contributed by atoms with Gasteiger partial charge in [-0.1, -0.05) is 23.8 Å². The molecule has 2 aromatic heterocycles. The van der Waals surface area contributed by atoms with Crippen LogP contribution in [0.2, 0.25) is 0 Å². The SMILES string of the molecule is Cc1ccc(C(=O)Nc2nc(-c3cccs3)cs2)cc1. The van der Waals surface area contributed by atoms with Crippen LogP contribution in [0.3, 0.4) is 0 Å². The quantitative estimate of drug-likeness (QED) is 0.777. The van der Waals surface area contributed by atoms with Crippen LogP contribution in [0.1, 0.15) is 15.9 Å². The van der Waals surface area contributed by atoms with Crippen LogP contribution < -0.4 is 5.32 Å². The molecule has 0 radical (unpaired) electrons. The lowest BCUT2D eigenvalue weighted by Gasteiger charge is -2.01. The van der Waals surface area contributed by atoms with Crippen molar-refractivity contribution in [2.45, 2.75) is 6.92 Å². The number of benzene rings is 1. The van der Waals surface area contributed by atoms with Crippen LogP contribution in [0.25, 0.3) is 10.6 Å². The molecule has 0 spiro atoms. The molecule has 3 rings (SSSR count). The standard InChI is InChI=1S/C15H12N2OS2/c1-10-4-6-11(7-5-10)14(18)17-15-16-12(9-20-15)13-3-2-8-19-13/h2-9H,1H3,(H,16,17,18). The summed E-state index contributed by atoms with van der Waals surface area (Å²) in [6.07, 6.45) is 0. The summed E-state index contributed by atoms with van der Waals surface area (Å²) in [6.45, 7) is 2.00. The van der Waals surface area contributed by atoms with Crippen molar-refractivity contribution in [2.75, 3.05) is 5.32 Å². The highest BCUT2D eigenvalue weighted by Gasteiger charge is 2.10. The van der Waals surface area contributed by atoms with Crippen LogP contribution in [0.5, 0.6) is 0 Å². The van der Waals surface area contributed by atoms with E-state index < -0.39 is 0 Å². The predicted octanol–water partition coefficient (Wildman–Crippen LogP) is 4.43. The van der Waals surface area contributed by atoms with Gasteiger partial charge in [0.05, 0.1) is 10.6 Å². The molecule has 0 saturated heterocycles. The fourth-order valence-corrected chi connectivity index (χ4v) is 3.21. The normalized spacial score (nSPS) is 10.4. The highest BCUT2D eigenvalue weighted by atomic mass is 32.1. The Morgan fingerprint density at radius 2 is 1.95 bits per heavy atom. The van der Waals surface area contributed by atoms with Crippen LogP contribution in [0, 0.1) is 6.92 Å². The van der Waals surface area contributed by atoms with E-state index in [1.165, 1.54) is 11.3 Å². The third-order valence-corrected chi connectivity index (χ3v) is 4.46. The molecule has 0 fully saturated rings. The lowest BCUT2D eigenvalue weighted by Crippen LogP contribution is -2.11. The summed E-state index contributed by atoms with van der Waals surface area (Å²) >= 11 is 3.08. The van der Waals surface area contributed by atoms with Crippen molar-refractivity contribution < 1.29 is 4.79 Å². The molecule has 0 aliphatic rings. The molecule has 20 heavy (non-hydrogen) atoms. The van der Waals surface area contributed by atoms with E-state index in [4.69, 9.17) is 0 Å². The lowest BCUT2D eigenvalue weighted by atomic mass is 10.1. The molecular formula is C15H12N2OS2. The fraction of sp³-hybridized carbons (Fsp3) is 0.0667. The van der Waals surface area contributed by atoms with Crippen molar-refractivity contribution in [1.29, 1.82) is 0 Å². The van der Waals surface area contributed by atoms with Crippen LogP contribution >= 0.6 is 22.7 Å². The second-order valence-corrected chi connectivity index (χ2v) is 6.14. The third-order valence-electron chi connectivity index (χ3n) is 2.81. The minimum Gasteiger partial charge on any atom is -0.298 e. The average molecular weight is 300 g/mol. The first kappa shape index (κ1) is 13.0. The first-order valence-electron chi connectivity index (χ1n) is 6.10. The lowest BCUT2D eigenvalue weighted by molar-refractivity contribution is 0.102. The number of amides is 1. The van der Waals surface area contributed by atoms with E-state index in [0.29, 0.717) is 10.7 Å². The number of hydrogen-bond donors (Lipinski definition) is 1. The van der Waals surface area contributed by atoms with Crippen molar-refractivity contribution in [1.82, 2.24) is 4.98 Å². The van der Waals surface area contributed by atoms with Crippen molar-refractivity contribution in [3.63, 3.8) is 0 Å². The molecule has 0 unspecified atom stereocenters. The van der Waals surface area contributed by atoms with E-state index in [9.17, 15) is 4.79 Å². The van der Waals surface area contributed by atoms with E-state index in [2.05, 4.69) is 10.3 Å². The van der Waals surface area contributed by atoms with Gasteiger partial charge >= 0.3 is 0 Å². The highest BCUT2D eigenvalue weighted by molar-refractivity contribution is 7.16. The Hall–Kier alpha value is -1.98. The highest BCUT2D eigenvalue weighted by Crippen LogP contribution is 2.28. The average Bonchev–Trinajstić information content (AvgIpc) is 3.09. The van der Waals surface area contributed by atoms with Crippen LogP contribution in [-0.4, -0.2) is 10.9 Å². The van der Waals surface area contributed by atoms with Crippen LogP contribution in [-0.2, 0) is 0 Å². The number of rotatable bonds is 3. The summed E-state index contributed by atoms with van der Waals surface area (Å²) in [5.74, 6) is -0.128. The molecular weight excluding hydrogens is 288 g/mol. The predicted molar refractivity (Wildman–Crippen MR) is 84.6 cm³/mol. The van der Waals surface area contributed by atoms with Crippen LogP contribution in [0.4, 0.5) is 5.13 Å². The van der Waals surface area contributed by atoms with E-state index in [-0.39, 0.29) is 5.91 Å². The molecule has 0 atom stereocenters. The van der Waals surface area contributed by atoms with Crippen LogP contribution in [0.15, 0.2) is 47.2 Å². The number of aryl methyl sites for hydroxylation is 1. The number of aromatic nitrogens is 1. The van der Waals surface area contributed by atoms with Gasteiger partial charge in [0, 0.05) is 10.9 Å². The van der Waals surface area contributed by atoms with Crippen molar-refractivity contribution in [3.05, 3.63) is 58.3 Å². The van der Waals surface area contributed by atoms with E-state index >= 15 is 0 Å². The largest absolute Gasteiger partial charge is 0.298 e. The van der Waals surface area contributed by atoms with Gasteiger partial charge in [-0.15, -0.1) is 22.7 Å². The first-order chi connectivity index (χ1) is 9.72. The molecule has 0 bridgehead atoms.